The first kappa shape index (κ1) is 12.0. The van der Waals surface area contributed by atoms with Crippen molar-refractivity contribution in [1.82, 2.24) is 0 Å². The van der Waals surface area contributed by atoms with E-state index in [-0.39, 0.29) is 0 Å². The van der Waals surface area contributed by atoms with E-state index in [4.69, 9.17) is 11.6 Å². The fraction of sp³-hybridized carbons (Fsp3) is 0.222. The zero-order chi connectivity index (χ0) is 11.7. The third-order valence-corrected chi connectivity index (χ3v) is 2.06. The van der Waals surface area contributed by atoms with E-state index < -0.39 is 46.1 Å². The van der Waals surface area contributed by atoms with Crippen LogP contribution in [-0.2, 0) is 11.2 Å². The van der Waals surface area contributed by atoms with Crippen LogP contribution >= 0.6 is 11.6 Å². The van der Waals surface area contributed by atoms with Crippen molar-refractivity contribution in [3.8, 4) is 0 Å². The molecule has 0 unspecified atom stereocenters. The highest BCUT2D eigenvalue weighted by atomic mass is 35.5. The number of halogens is 5. The van der Waals surface area contributed by atoms with E-state index in [1.807, 2.05) is 0 Å². The molecule has 82 valence electrons. The maximum absolute atomic E-state index is 13.0. The minimum absolute atomic E-state index is 0.617. The van der Waals surface area contributed by atoms with Crippen LogP contribution in [0.1, 0.15) is 12.5 Å². The maximum atomic E-state index is 13.0. The van der Waals surface area contributed by atoms with Crippen LogP contribution in [0.3, 0.4) is 0 Å². The molecule has 0 saturated carbocycles. The lowest BCUT2D eigenvalue weighted by Crippen LogP contribution is -2.08. The third-order valence-electron chi connectivity index (χ3n) is 1.73. The number of Topliss-reactive ketones (excluding diaryl/α,β-unsaturated/α-hetero) is 1. The van der Waals surface area contributed by atoms with Crippen LogP contribution in [0.15, 0.2) is 0 Å². The zero-order valence-corrected chi connectivity index (χ0v) is 8.26. The van der Waals surface area contributed by atoms with Gasteiger partial charge in [0.1, 0.15) is 10.8 Å². The van der Waals surface area contributed by atoms with Gasteiger partial charge in [0.25, 0.3) is 0 Å². The smallest absolute Gasteiger partial charge is 0.180 e. The molecule has 1 nitrogen and oxygen atoms in total. The molecule has 0 aliphatic rings. The van der Waals surface area contributed by atoms with Gasteiger partial charge in [0, 0.05) is 12.0 Å². The Morgan fingerprint density at radius 3 is 1.80 bits per heavy atom. The number of hydrogen-bond donors (Lipinski definition) is 0. The quantitative estimate of drug-likeness (QED) is 0.441. The van der Waals surface area contributed by atoms with Gasteiger partial charge in [-0.05, 0) is 6.92 Å². The van der Waals surface area contributed by atoms with Crippen molar-refractivity contribution in [1.29, 1.82) is 0 Å². The summed E-state index contributed by atoms with van der Waals surface area (Å²) in [4.78, 5) is 10.6. The van der Waals surface area contributed by atoms with Crippen LogP contribution in [0.2, 0.25) is 5.02 Å². The van der Waals surface area contributed by atoms with Crippen molar-refractivity contribution in [2.24, 2.45) is 0 Å². The first-order valence-electron chi connectivity index (χ1n) is 3.86. The molecule has 0 atom stereocenters. The van der Waals surface area contributed by atoms with Crippen molar-refractivity contribution in [3.05, 3.63) is 33.9 Å². The first-order valence-corrected chi connectivity index (χ1v) is 4.23. The molecule has 0 aliphatic carbocycles. The second-order valence-corrected chi connectivity index (χ2v) is 3.31. The number of ketones is 1. The summed E-state index contributed by atoms with van der Waals surface area (Å²) in [5.74, 6) is -7.25. The summed E-state index contributed by atoms with van der Waals surface area (Å²) in [6.07, 6.45) is -0.720. The lowest BCUT2D eigenvalue weighted by molar-refractivity contribution is -0.116. The van der Waals surface area contributed by atoms with Crippen LogP contribution in [-0.4, -0.2) is 5.78 Å². The molecule has 1 rings (SSSR count). The molecule has 0 spiro atoms. The monoisotopic (exact) mass is 240 g/mol. The van der Waals surface area contributed by atoms with E-state index in [1.54, 1.807) is 0 Å². The molecule has 1 aromatic rings. The van der Waals surface area contributed by atoms with Crippen molar-refractivity contribution < 1.29 is 22.4 Å². The normalized spacial score (nSPS) is 10.5. The minimum Gasteiger partial charge on any atom is -0.300 e. The summed E-state index contributed by atoms with van der Waals surface area (Å²) in [5.41, 5.74) is -0.943. The Kier molecular flexibility index (Phi) is 3.34. The molecule has 1 aromatic carbocycles. The Hall–Kier alpha value is -1.10. The second kappa shape index (κ2) is 4.18. The molecule has 6 heteroatoms. The lowest BCUT2D eigenvalue weighted by Gasteiger charge is -2.06. The summed E-state index contributed by atoms with van der Waals surface area (Å²) in [6, 6.07) is 0. The molecule has 0 N–H and O–H groups in total. The number of carbonyl (C=O) groups is 1. The summed E-state index contributed by atoms with van der Waals surface area (Å²) in [5, 5.41) is -1.25. The van der Waals surface area contributed by atoms with E-state index in [0.717, 1.165) is 6.92 Å². The fourth-order valence-corrected chi connectivity index (χ4v) is 1.22. The van der Waals surface area contributed by atoms with Gasteiger partial charge in [-0.15, -0.1) is 0 Å². The molecule has 0 bridgehead atoms. The molecule has 0 aliphatic heterocycles. The van der Waals surface area contributed by atoms with Gasteiger partial charge in [0.2, 0.25) is 0 Å². The SMILES string of the molecule is CC(=O)Cc1c(F)c(F)c(Cl)c(F)c1F. The van der Waals surface area contributed by atoms with Crippen molar-refractivity contribution in [3.63, 3.8) is 0 Å². The van der Waals surface area contributed by atoms with Gasteiger partial charge in [-0.3, -0.25) is 4.79 Å². The van der Waals surface area contributed by atoms with Crippen molar-refractivity contribution in [2.45, 2.75) is 13.3 Å². The number of carbonyl (C=O) groups excluding carboxylic acids is 1. The van der Waals surface area contributed by atoms with E-state index >= 15 is 0 Å². The van der Waals surface area contributed by atoms with Gasteiger partial charge in [0.05, 0.1) is 0 Å². The fourth-order valence-electron chi connectivity index (χ4n) is 1.05. The van der Waals surface area contributed by atoms with Gasteiger partial charge < -0.3 is 0 Å². The predicted octanol–water partition coefficient (Wildman–Crippen LogP) is 3.03. The van der Waals surface area contributed by atoms with E-state index in [1.165, 1.54) is 0 Å². The van der Waals surface area contributed by atoms with Crippen LogP contribution in [0.25, 0.3) is 0 Å². The average molecular weight is 241 g/mol. The topological polar surface area (TPSA) is 17.1 Å². The summed E-state index contributed by atoms with van der Waals surface area (Å²) >= 11 is 4.98. The van der Waals surface area contributed by atoms with Gasteiger partial charge in [-0.2, -0.15) is 0 Å². The molecule has 0 aromatic heterocycles. The molecule has 0 saturated heterocycles. The third kappa shape index (κ3) is 2.12. The predicted molar refractivity (Wildman–Crippen MR) is 45.7 cm³/mol. The van der Waals surface area contributed by atoms with E-state index in [9.17, 15) is 22.4 Å². The maximum Gasteiger partial charge on any atom is 0.180 e. The Morgan fingerprint density at radius 2 is 1.47 bits per heavy atom. The van der Waals surface area contributed by atoms with Crippen LogP contribution < -0.4 is 0 Å². The standard InChI is InChI=1S/C9H5ClF4O/c1-3(15)2-4-6(11)8(13)5(10)9(14)7(4)12/h2H2,1H3. The van der Waals surface area contributed by atoms with E-state index in [0.29, 0.717) is 0 Å². The minimum atomic E-state index is -1.69. The molecule has 0 fully saturated rings. The van der Waals surface area contributed by atoms with Crippen LogP contribution in [0, 0.1) is 23.3 Å². The molecular weight excluding hydrogens is 236 g/mol. The van der Waals surface area contributed by atoms with Crippen molar-refractivity contribution in [2.75, 3.05) is 0 Å². The van der Waals surface area contributed by atoms with Gasteiger partial charge in [0.15, 0.2) is 23.3 Å². The number of hydrogen-bond acceptors (Lipinski definition) is 1. The number of benzene rings is 1. The Labute approximate surface area is 87.7 Å². The van der Waals surface area contributed by atoms with Crippen molar-refractivity contribution >= 4 is 17.4 Å². The highest BCUT2D eigenvalue weighted by Crippen LogP contribution is 2.27. The highest BCUT2D eigenvalue weighted by Gasteiger charge is 2.24. The highest BCUT2D eigenvalue weighted by molar-refractivity contribution is 6.30. The average Bonchev–Trinajstić information content (AvgIpc) is 2.18. The molecule has 15 heavy (non-hydrogen) atoms. The number of rotatable bonds is 2. The summed E-state index contributed by atoms with van der Waals surface area (Å²) < 4.78 is 51.8. The molecule has 0 radical (unpaired) electrons. The molecule has 0 amide bonds. The first-order chi connectivity index (χ1) is 6.86. The van der Waals surface area contributed by atoms with Crippen LogP contribution in [0.4, 0.5) is 17.6 Å². The van der Waals surface area contributed by atoms with Gasteiger partial charge in [-0.1, -0.05) is 11.6 Å². The molecule has 0 heterocycles. The zero-order valence-electron chi connectivity index (χ0n) is 7.51. The second-order valence-electron chi connectivity index (χ2n) is 2.93. The Balaban J connectivity index is 3.45. The summed E-state index contributed by atoms with van der Waals surface area (Å²) in [7, 11) is 0. The summed E-state index contributed by atoms with van der Waals surface area (Å²) in [6.45, 7) is 1.04. The Morgan fingerprint density at radius 1 is 1.07 bits per heavy atom. The largest absolute Gasteiger partial charge is 0.300 e. The van der Waals surface area contributed by atoms with Gasteiger partial charge >= 0.3 is 0 Å². The van der Waals surface area contributed by atoms with Crippen LogP contribution in [0.5, 0.6) is 0 Å². The lowest BCUT2D eigenvalue weighted by atomic mass is 10.1. The Bertz CT molecular complexity index is 402. The van der Waals surface area contributed by atoms with E-state index in [2.05, 4.69) is 0 Å². The van der Waals surface area contributed by atoms with Gasteiger partial charge in [-0.25, -0.2) is 17.6 Å². The molecular formula is C9H5ClF4O.